The van der Waals surface area contributed by atoms with E-state index in [1.807, 2.05) is 43.9 Å². The molecule has 1 aliphatic rings. The smallest absolute Gasteiger partial charge is 0.309 e. The summed E-state index contributed by atoms with van der Waals surface area (Å²) in [5, 5.41) is 5.57. The van der Waals surface area contributed by atoms with Gasteiger partial charge in [-0.05, 0) is 64.8 Å². The summed E-state index contributed by atoms with van der Waals surface area (Å²) >= 11 is 0. The van der Waals surface area contributed by atoms with Gasteiger partial charge in [-0.15, -0.1) is 0 Å². The van der Waals surface area contributed by atoms with E-state index >= 15 is 0 Å². The maximum atomic E-state index is 12.4. The normalized spacial score (nSPS) is 16.3. The van der Waals surface area contributed by atoms with E-state index in [9.17, 15) is 14.4 Å². The minimum atomic E-state index is -0.351. The number of para-hydroxylation sites is 1. The first-order valence-electron chi connectivity index (χ1n) is 9.88. The molecule has 1 heterocycles. The van der Waals surface area contributed by atoms with Gasteiger partial charge in [0.25, 0.3) is 0 Å². The van der Waals surface area contributed by atoms with Gasteiger partial charge in [-0.1, -0.05) is 18.2 Å². The van der Waals surface area contributed by atoms with Crippen LogP contribution >= 0.6 is 0 Å². The summed E-state index contributed by atoms with van der Waals surface area (Å²) < 4.78 is 5.07. The van der Waals surface area contributed by atoms with Crippen LogP contribution in [-0.4, -0.2) is 55.0 Å². The van der Waals surface area contributed by atoms with Crippen molar-refractivity contribution < 1.29 is 19.1 Å². The highest BCUT2D eigenvalue weighted by molar-refractivity contribution is 5.96. The minimum Gasteiger partial charge on any atom is -0.466 e. The summed E-state index contributed by atoms with van der Waals surface area (Å²) in [5.74, 6) is -0.678. The number of rotatable bonds is 7. The van der Waals surface area contributed by atoms with Crippen molar-refractivity contribution in [2.75, 3.05) is 31.6 Å². The third-order valence-electron chi connectivity index (χ3n) is 5.25. The number of nitrogens with one attached hydrogen (secondary N) is 2. The topological polar surface area (TPSA) is 87.7 Å². The Morgan fingerprint density at radius 3 is 2.36 bits per heavy atom. The van der Waals surface area contributed by atoms with Gasteiger partial charge in [0, 0.05) is 5.69 Å². The molecule has 1 aromatic carbocycles. The molecule has 2 amide bonds. The van der Waals surface area contributed by atoms with Crippen molar-refractivity contribution in [1.82, 2.24) is 10.2 Å². The van der Waals surface area contributed by atoms with E-state index in [0.29, 0.717) is 32.5 Å². The van der Waals surface area contributed by atoms with Crippen molar-refractivity contribution in [2.24, 2.45) is 5.92 Å². The van der Waals surface area contributed by atoms with E-state index < -0.39 is 0 Å². The lowest BCUT2D eigenvalue weighted by atomic mass is 9.96. The second-order valence-corrected chi connectivity index (χ2v) is 7.27. The second-order valence-electron chi connectivity index (χ2n) is 7.27. The highest BCUT2D eigenvalue weighted by atomic mass is 16.5. The van der Waals surface area contributed by atoms with Gasteiger partial charge in [0.15, 0.2) is 0 Å². The molecule has 154 valence electrons. The lowest BCUT2D eigenvalue weighted by Gasteiger charge is -2.34. The van der Waals surface area contributed by atoms with Gasteiger partial charge in [0.2, 0.25) is 11.8 Å². The molecule has 0 saturated carbocycles. The van der Waals surface area contributed by atoms with Gasteiger partial charge in [-0.2, -0.15) is 0 Å². The van der Waals surface area contributed by atoms with Crippen LogP contribution in [0.25, 0.3) is 0 Å². The largest absolute Gasteiger partial charge is 0.466 e. The number of amides is 2. The number of ether oxygens (including phenoxy) is 1. The van der Waals surface area contributed by atoms with Crippen molar-refractivity contribution in [3.8, 4) is 0 Å². The number of benzene rings is 1. The molecule has 2 rings (SSSR count). The maximum Gasteiger partial charge on any atom is 0.309 e. The molecule has 0 aromatic heterocycles. The van der Waals surface area contributed by atoms with E-state index in [0.717, 1.165) is 16.8 Å². The molecule has 28 heavy (non-hydrogen) atoms. The Morgan fingerprint density at radius 2 is 1.79 bits per heavy atom. The maximum absolute atomic E-state index is 12.4. The molecule has 1 aliphatic heterocycles. The van der Waals surface area contributed by atoms with Crippen LogP contribution in [0.4, 0.5) is 5.69 Å². The Bertz CT molecular complexity index is 691. The summed E-state index contributed by atoms with van der Waals surface area (Å²) in [5.41, 5.74) is 2.76. The molecule has 0 radical (unpaired) electrons. The number of hydrogen-bond donors (Lipinski definition) is 2. The number of carbonyl (C=O) groups is 3. The lowest BCUT2D eigenvalue weighted by molar-refractivity contribution is -0.150. The number of likely N-dealkylation sites (tertiary alicyclic amines) is 1. The minimum absolute atomic E-state index is 0.0732. The van der Waals surface area contributed by atoms with Crippen LogP contribution in [0.5, 0.6) is 0 Å². The number of anilines is 1. The molecule has 1 fully saturated rings. The monoisotopic (exact) mass is 389 g/mol. The quantitative estimate of drug-likeness (QED) is 0.697. The zero-order valence-corrected chi connectivity index (χ0v) is 17.2. The molecular weight excluding hydrogens is 358 g/mol. The molecule has 7 heteroatoms. The highest BCUT2D eigenvalue weighted by Crippen LogP contribution is 2.21. The molecule has 0 unspecified atom stereocenters. The standard InChI is InChI=1S/C21H31N3O4/c1-5-28-21(27)17-9-11-24(12-10-17)16(4)20(26)22-13-18(25)23-19-14(2)7-6-8-15(19)3/h6-8,16-17H,5,9-13H2,1-4H3,(H,22,26)(H,23,25)/t16-/m1/s1. The Labute approximate surface area is 166 Å². The van der Waals surface area contributed by atoms with Gasteiger partial charge in [-0.3, -0.25) is 19.3 Å². The summed E-state index contributed by atoms with van der Waals surface area (Å²) in [4.78, 5) is 38.5. The predicted octanol–water partition coefficient (Wildman–Crippen LogP) is 2.02. The van der Waals surface area contributed by atoms with Crippen molar-refractivity contribution >= 4 is 23.5 Å². The average molecular weight is 389 g/mol. The lowest BCUT2D eigenvalue weighted by Crippen LogP contribution is -2.50. The molecule has 1 atom stereocenters. The molecule has 0 aliphatic carbocycles. The van der Waals surface area contributed by atoms with Crippen LogP contribution in [-0.2, 0) is 19.1 Å². The van der Waals surface area contributed by atoms with E-state index in [1.54, 1.807) is 6.92 Å². The van der Waals surface area contributed by atoms with E-state index in [1.165, 1.54) is 0 Å². The molecule has 1 aromatic rings. The van der Waals surface area contributed by atoms with Crippen molar-refractivity contribution in [1.29, 1.82) is 0 Å². The van der Waals surface area contributed by atoms with Crippen LogP contribution in [0.1, 0.15) is 37.8 Å². The van der Waals surface area contributed by atoms with Crippen molar-refractivity contribution in [2.45, 2.75) is 46.6 Å². The first kappa shape index (κ1) is 21.9. The van der Waals surface area contributed by atoms with Gasteiger partial charge in [0.1, 0.15) is 0 Å². The average Bonchev–Trinajstić information content (AvgIpc) is 2.68. The molecule has 0 spiro atoms. The Kier molecular flexibility index (Phi) is 7.99. The van der Waals surface area contributed by atoms with E-state index in [-0.39, 0.29) is 36.3 Å². The molecule has 2 N–H and O–H groups in total. The number of piperidine rings is 1. The fraction of sp³-hybridized carbons (Fsp3) is 0.571. The summed E-state index contributed by atoms with van der Waals surface area (Å²) in [6.45, 7) is 9.13. The zero-order valence-electron chi connectivity index (χ0n) is 17.2. The predicted molar refractivity (Wildman–Crippen MR) is 108 cm³/mol. The summed E-state index contributed by atoms with van der Waals surface area (Å²) in [6.07, 6.45) is 1.37. The van der Waals surface area contributed by atoms with Gasteiger partial charge in [-0.25, -0.2) is 0 Å². The van der Waals surface area contributed by atoms with Crippen LogP contribution in [0.15, 0.2) is 18.2 Å². The van der Waals surface area contributed by atoms with Crippen LogP contribution in [0, 0.1) is 19.8 Å². The molecular formula is C21H31N3O4. The SMILES string of the molecule is CCOC(=O)C1CCN([C@H](C)C(=O)NCC(=O)Nc2c(C)cccc2C)CC1. The van der Waals surface area contributed by atoms with Gasteiger partial charge in [0.05, 0.1) is 25.1 Å². The fourth-order valence-corrected chi connectivity index (χ4v) is 3.46. The molecule has 1 saturated heterocycles. The fourth-order valence-electron chi connectivity index (χ4n) is 3.46. The van der Waals surface area contributed by atoms with Crippen molar-refractivity contribution in [3.05, 3.63) is 29.3 Å². The van der Waals surface area contributed by atoms with Crippen molar-refractivity contribution in [3.63, 3.8) is 0 Å². The number of aryl methyl sites for hydroxylation is 2. The first-order chi connectivity index (χ1) is 13.3. The third-order valence-corrected chi connectivity index (χ3v) is 5.25. The van der Waals surface area contributed by atoms with Crippen LogP contribution in [0.3, 0.4) is 0 Å². The summed E-state index contributed by atoms with van der Waals surface area (Å²) in [7, 11) is 0. The Morgan fingerprint density at radius 1 is 1.18 bits per heavy atom. The number of esters is 1. The second kappa shape index (κ2) is 10.2. The van der Waals surface area contributed by atoms with Crippen LogP contribution in [0.2, 0.25) is 0 Å². The highest BCUT2D eigenvalue weighted by Gasteiger charge is 2.30. The third kappa shape index (κ3) is 5.79. The van der Waals surface area contributed by atoms with Crippen LogP contribution < -0.4 is 10.6 Å². The Balaban J connectivity index is 1.78. The van der Waals surface area contributed by atoms with E-state index in [4.69, 9.17) is 4.74 Å². The van der Waals surface area contributed by atoms with Gasteiger partial charge < -0.3 is 15.4 Å². The number of carbonyl (C=O) groups excluding carboxylic acids is 3. The number of hydrogen-bond acceptors (Lipinski definition) is 5. The zero-order chi connectivity index (χ0) is 20.7. The summed E-state index contributed by atoms with van der Waals surface area (Å²) in [6, 6.07) is 5.46. The van der Waals surface area contributed by atoms with E-state index in [2.05, 4.69) is 10.6 Å². The number of nitrogens with zero attached hydrogens (tertiary/aromatic N) is 1. The van der Waals surface area contributed by atoms with Gasteiger partial charge >= 0.3 is 5.97 Å². The molecule has 7 nitrogen and oxygen atoms in total. The molecule has 0 bridgehead atoms. The Hall–Kier alpha value is -2.41. The first-order valence-corrected chi connectivity index (χ1v) is 9.88.